The van der Waals surface area contributed by atoms with Gasteiger partial charge >= 0.3 is 0 Å². The second kappa shape index (κ2) is 6.43. The van der Waals surface area contributed by atoms with Crippen molar-refractivity contribution in [1.29, 1.82) is 0 Å². The maximum atomic E-state index is 12.0. The van der Waals surface area contributed by atoms with E-state index in [-0.39, 0.29) is 23.9 Å². The standard InChI is InChI=1S/C16H20N4O2/c1-16(2,3)19-14(21)10-18-15(22)12-4-6-13(7-5-12)20-9-8-17-11-20/h4-9,11H,10H2,1-3H3,(H,18,22)(H,19,21). The van der Waals surface area contributed by atoms with Crippen molar-refractivity contribution in [3.8, 4) is 5.69 Å². The van der Waals surface area contributed by atoms with Gasteiger partial charge in [-0.2, -0.15) is 0 Å². The summed E-state index contributed by atoms with van der Waals surface area (Å²) in [5.41, 5.74) is 1.11. The monoisotopic (exact) mass is 300 g/mol. The molecule has 0 aliphatic heterocycles. The summed E-state index contributed by atoms with van der Waals surface area (Å²) in [5.74, 6) is -0.489. The fourth-order valence-corrected chi connectivity index (χ4v) is 1.92. The molecule has 6 nitrogen and oxygen atoms in total. The molecule has 2 amide bonds. The second-order valence-electron chi connectivity index (χ2n) is 6.00. The van der Waals surface area contributed by atoms with Crippen LogP contribution in [0, 0.1) is 0 Å². The summed E-state index contributed by atoms with van der Waals surface area (Å²) in [6, 6.07) is 7.08. The minimum atomic E-state index is -0.311. The third-order valence-corrected chi connectivity index (χ3v) is 2.86. The predicted molar refractivity (Wildman–Crippen MR) is 83.8 cm³/mol. The average Bonchev–Trinajstić information content (AvgIpc) is 2.97. The van der Waals surface area contributed by atoms with Gasteiger partial charge in [0.2, 0.25) is 5.91 Å². The van der Waals surface area contributed by atoms with Crippen molar-refractivity contribution in [3.63, 3.8) is 0 Å². The molecule has 1 heterocycles. The topological polar surface area (TPSA) is 76.0 Å². The first kappa shape index (κ1) is 15.8. The van der Waals surface area contributed by atoms with E-state index in [1.807, 2.05) is 43.7 Å². The lowest BCUT2D eigenvalue weighted by atomic mass is 10.1. The van der Waals surface area contributed by atoms with Crippen molar-refractivity contribution in [2.45, 2.75) is 26.3 Å². The largest absolute Gasteiger partial charge is 0.350 e. The minimum absolute atomic E-state index is 0.0423. The van der Waals surface area contributed by atoms with Gasteiger partial charge in [0.05, 0.1) is 12.9 Å². The molecule has 0 atom stereocenters. The van der Waals surface area contributed by atoms with Gasteiger partial charge in [-0.3, -0.25) is 9.59 Å². The molecule has 0 aliphatic rings. The number of carbonyl (C=O) groups excluding carboxylic acids is 2. The molecule has 0 bridgehead atoms. The number of aromatic nitrogens is 2. The molecule has 6 heteroatoms. The van der Waals surface area contributed by atoms with Crippen LogP contribution in [0.3, 0.4) is 0 Å². The van der Waals surface area contributed by atoms with Crippen LogP contribution in [0.2, 0.25) is 0 Å². The highest BCUT2D eigenvalue weighted by Crippen LogP contribution is 2.09. The van der Waals surface area contributed by atoms with Crippen molar-refractivity contribution >= 4 is 11.8 Å². The zero-order chi connectivity index (χ0) is 16.2. The minimum Gasteiger partial charge on any atom is -0.350 e. The van der Waals surface area contributed by atoms with Crippen LogP contribution in [-0.4, -0.2) is 33.4 Å². The first-order valence-electron chi connectivity index (χ1n) is 7.03. The van der Waals surface area contributed by atoms with E-state index in [2.05, 4.69) is 15.6 Å². The molecule has 2 aromatic rings. The van der Waals surface area contributed by atoms with Gasteiger partial charge in [0, 0.05) is 29.2 Å². The molecule has 22 heavy (non-hydrogen) atoms. The summed E-state index contributed by atoms with van der Waals surface area (Å²) in [4.78, 5) is 27.6. The van der Waals surface area contributed by atoms with Gasteiger partial charge in [0.25, 0.3) is 5.91 Å². The van der Waals surface area contributed by atoms with Crippen molar-refractivity contribution in [1.82, 2.24) is 20.2 Å². The summed E-state index contributed by atoms with van der Waals surface area (Å²) >= 11 is 0. The second-order valence-corrected chi connectivity index (χ2v) is 6.00. The molecule has 2 N–H and O–H groups in total. The first-order valence-corrected chi connectivity index (χ1v) is 7.03. The lowest BCUT2D eigenvalue weighted by molar-refractivity contribution is -0.121. The maximum Gasteiger partial charge on any atom is 0.251 e. The zero-order valence-corrected chi connectivity index (χ0v) is 13.0. The summed E-state index contributed by atoms with van der Waals surface area (Å²) in [5, 5.41) is 5.40. The summed E-state index contributed by atoms with van der Waals surface area (Å²) in [7, 11) is 0. The molecule has 0 spiro atoms. The highest BCUT2D eigenvalue weighted by molar-refractivity contribution is 5.96. The van der Waals surface area contributed by atoms with Gasteiger partial charge in [-0.1, -0.05) is 0 Å². The average molecular weight is 300 g/mol. The molecule has 2 rings (SSSR count). The Balaban J connectivity index is 1.92. The van der Waals surface area contributed by atoms with Crippen molar-refractivity contribution in [2.75, 3.05) is 6.54 Å². The number of nitrogens with one attached hydrogen (secondary N) is 2. The van der Waals surface area contributed by atoms with E-state index in [1.54, 1.807) is 24.7 Å². The molecule has 0 radical (unpaired) electrons. The van der Waals surface area contributed by atoms with Crippen LogP contribution < -0.4 is 10.6 Å². The molecule has 0 saturated heterocycles. The van der Waals surface area contributed by atoms with E-state index in [1.165, 1.54) is 0 Å². The smallest absolute Gasteiger partial charge is 0.251 e. The SMILES string of the molecule is CC(C)(C)NC(=O)CNC(=O)c1ccc(-n2ccnc2)cc1. The van der Waals surface area contributed by atoms with Crippen LogP contribution in [0.25, 0.3) is 5.69 Å². The molecule has 116 valence electrons. The van der Waals surface area contributed by atoms with Crippen molar-refractivity contribution in [3.05, 3.63) is 48.5 Å². The summed E-state index contributed by atoms with van der Waals surface area (Å²) < 4.78 is 1.85. The first-order chi connectivity index (χ1) is 10.3. The number of carbonyl (C=O) groups is 2. The highest BCUT2D eigenvalue weighted by Gasteiger charge is 2.14. The van der Waals surface area contributed by atoms with Crippen molar-refractivity contribution < 1.29 is 9.59 Å². The third kappa shape index (κ3) is 4.44. The molecule has 1 aromatic carbocycles. The molecular weight excluding hydrogens is 280 g/mol. The van der Waals surface area contributed by atoms with E-state index in [0.29, 0.717) is 5.56 Å². The molecule has 0 saturated carbocycles. The lowest BCUT2D eigenvalue weighted by Gasteiger charge is -2.20. The number of hydrogen-bond donors (Lipinski definition) is 2. The molecule has 0 aliphatic carbocycles. The molecule has 0 fully saturated rings. The van der Waals surface area contributed by atoms with Crippen LogP contribution in [0.4, 0.5) is 0 Å². The summed E-state index contributed by atoms with van der Waals surface area (Å²) in [6.45, 7) is 5.63. The van der Waals surface area contributed by atoms with E-state index >= 15 is 0 Å². The number of benzene rings is 1. The van der Waals surface area contributed by atoms with Crippen LogP contribution in [0.15, 0.2) is 43.0 Å². The number of nitrogens with zero attached hydrogens (tertiary/aromatic N) is 2. The normalized spacial score (nSPS) is 11.0. The number of hydrogen-bond acceptors (Lipinski definition) is 3. The lowest BCUT2D eigenvalue weighted by Crippen LogP contribution is -2.45. The van der Waals surface area contributed by atoms with Crippen LogP contribution >= 0.6 is 0 Å². The van der Waals surface area contributed by atoms with E-state index < -0.39 is 0 Å². The molecule has 0 unspecified atom stereocenters. The van der Waals surface area contributed by atoms with E-state index in [0.717, 1.165) is 5.69 Å². The Kier molecular flexibility index (Phi) is 4.60. The van der Waals surface area contributed by atoms with Crippen LogP contribution in [0.5, 0.6) is 0 Å². The summed E-state index contributed by atoms with van der Waals surface area (Å²) in [6.07, 6.45) is 5.20. The molecule has 1 aromatic heterocycles. The number of rotatable bonds is 4. The van der Waals surface area contributed by atoms with Gasteiger partial charge in [0.1, 0.15) is 0 Å². The Bertz CT molecular complexity index is 640. The van der Waals surface area contributed by atoms with Gasteiger partial charge < -0.3 is 15.2 Å². The third-order valence-electron chi connectivity index (χ3n) is 2.86. The van der Waals surface area contributed by atoms with E-state index in [9.17, 15) is 9.59 Å². The van der Waals surface area contributed by atoms with Gasteiger partial charge in [-0.05, 0) is 45.0 Å². The Morgan fingerprint density at radius 3 is 2.41 bits per heavy atom. The fraction of sp³-hybridized carbons (Fsp3) is 0.312. The van der Waals surface area contributed by atoms with Gasteiger partial charge in [0.15, 0.2) is 0 Å². The van der Waals surface area contributed by atoms with Crippen molar-refractivity contribution in [2.24, 2.45) is 0 Å². The Morgan fingerprint density at radius 2 is 1.86 bits per heavy atom. The Hall–Kier alpha value is -2.63. The van der Waals surface area contributed by atoms with Gasteiger partial charge in [-0.15, -0.1) is 0 Å². The number of imidazole rings is 1. The molecular formula is C16H20N4O2. The Morgan fingerprint density at radius 1 is 1.18 bits per heavy atom. The van der Waals surface area contributed by atoms with Gasteiger partial charge in [-0.25, -0.2) is 4.98 Å². The number of amides is 2. The fourth-order valence-electron chi connectivity index (χ4n) is 1.92. The quantitative estimate of drug-likeness (QED) is 0.899. The highest BCUT2D eigenvalue weighted by atomic mass is 16.2. The Labute approximate surface area is 129 Å². The van der Waals surface area contributed by atoms with Crippen LogP contribution in [0.1, 0.15) is 31.1 Å². The van der Waals surface area contributed by atoms with Crippen LogP contribution in [-0.2, 0) is 4.79 Å². The predicted octanol–water partition coefficient (Wildman–Crippen LogP) is 1.52. The zero-order valence-electron chi connectivity index (χ0n) is 13.0. The van der Waals surface area contributed by atoms with E-state index in [4.69, 9.17) is 0 Å². The maximum absolute atomic E-state index is 12.0.